The molecule has 0 aliphatic heterocycles. The maximum absolute atomic E-state index is 8.63. The fourth-order valence-electron chi connectivity index (χ4n) is 2.78. The number of para-hydroxylation sites is 2. The lowest BCUT2D eigenvalue weighted by Gasteiger charge is -2.01. The molecule has 0 saturated heterocycles. The van der Waals surface area contributed by atoms with Crippen LogP contribution in [0, 0.1) is 0 Å². The molecule has 0 aliphatic carbocycles. The first kappa shape index (κ1) is 35.0. The molecule has 4 aromatic carbocycles. The Kier molecular flexibility index (Phi) is 21.8. The lowest BCUT2D eigenvalue weighted by molar-refractivity contribution is 0.363. The minimum atomic E-state index is 0.322. The van der Waals surface area contributed by atoms with Crippen LogP contribution in [0.25, 0.3) is 0 Å². The van der Waals surface area contributed by atoms with Gasteiger partial charge >= 0.3 is 0 Å². The Morgan fingerprint density at radius 2 is 0.923 bits per heavy atom. The van der Waals surface area contributed by atoms with E-state index in [1.54, 1.807) is 30.3 Å². The molecule has 4 aromatic rings. The molecule has 0 heterocycles. The van der Waals surface area contributed by atoms with E-state index in [9.17, 15) is 0 Å². The molecule has 208 valence electrons. The van der Waals surface area contributed by atoms with Crippen molar-refractivity contribution in [1.29, 1.82) is 0 Å². The van der Waals surface area contributed by atoms with E-state index in [1.165, 1.54) is 11.1 Å². The first-order chi connectivity index (χ1) is 18.8. The van der Waals surface area contributed by atoms with Crippen LogP contribution in [0.1, 0.15) is 64.5 Å². The van der Waals surface area contributed by atoms with E-state index in [2.05, 4.69) is 82.8 Å². The second-order valence-electron chi connectivity index (χ2n) is 9.05. The second-order valence-corrected chi connectivity index (χ2v) is 9.05. The molecule has 0 radical (unpaired) electrons. The Balaban J connectivity index is 0.000000475. The van der Waals surface area contributed by atoms with Gasteiger partial charge in [-0.05, 0) is 61.1 Å². The summed E-state index contributed by atoms with van der Waals surface area (Å²) < 4.78 is 5.24. The van der Waals surface area contributed by atoms with E-state index in [0.717, 1.165) is 5.75 Å². The maximum Gasteiger partial charge on any atom is 0.119 e. The van der Waals surface area contributed by atoms with Crippen LogP contribution in [0.2, 0.25) is 0 Å². The normalized spacial score (nSPS) is 9.44. The molecule has 0 atom stereocenters. The Labute approximate surface area is 238 Å². The van der Waals surface area contributed by atoms with Crippen LogP contribution in [0.15, 0.2) is 146 Å². The average molecular weight is 525 g/mol. The number of phenolic OH excluding ortho intramolecular Hbond substituents is 1. The third kappa shape index (κ3) is 20.7. The zero-order valence-corrected chi connectivity index (χ0v) is 24.7. The molecule has 0 bridgehead atoms. The molecule has 0 aromatic heterocycles. The van der Waals surface area contributed by atoms with Crippen molar-refractivity contribution < 1.29 is 9.84 Å². The van der Waals surface area contributed by atoms with Crippen LogP contribution in [0.3, 0.4) is 0 Å². The number of allylic oxidation sites excluding steroid dienone is 2. The maximum atomic E-state index is 8.63. The summed E-state index contributed by atoms with van der Waals surface area (Å²) in [5.74, 6) is 2.53. The number of hydrogen-bond donors (Lipinski definition) is 1. The van der Waals surface area contributed by atoms with Crippen molar-refractivity contribution in [2.45, 2.75) is 53.4 Å². The SMILES string of the molecule is C/C=C/C.C=CCOc1ccccc1.CC(C)c1ccccc1.CC(C)c1ccccc1.Oc1ccccc1. The van der Waals surface area contributed by atoms with Crippen LogP contribution < -0.4 is 4.74 Å². The van der Waals surface area contributed by atoms with Crippen molar-refractivity contribution in [2.24, 2.45) is 0 Å². The fraction of sp³-hybridized carbons (Fsp3) is 0.243. The van der Waals surface area contributed by atoms with Gasteiger partial charge in [0.05, 0.1) is 0 Å². The molecule has 39 heavy (non-hydrogen) atoms. The van der Waals surface area contributed by atoms with Crippen molar-refractivity contribution in [1.82, 2.24) is 0 Å². The highest BCUT2D eigenvalue weighted by Crippen LogP contribution is 2.12. The van der Waals surface area contributed by atoms with E-state index < -0.39 is 0 Å². The van der Waals surface area contributed by atoms with E-state index >= 15 is 0 Å². The molecular formula is C37H48O2. The monoisotopic (exact) mass is 524 g/mol. The molecular weight excluding hydrogens is 476 g/mol. The first-order valence-corrected chi connectivity index (χ1v) is 13.6. The molecule has 0 fully saturated rings. The second kappa shape index (κ2) is 24.3. The van der Waals surface area contributed by atoms with Crippen LogP contribution in [-0.2, 0) is 0 Å². The Hall–Kier alpha value is -4.04. The first-order valence-electron chi connectivity index (χ1n) is 13.6. The van der Waals surface area contributed by atoms with Crippen LogP contribution in [0.4, 0.5) is 0 Å². The van der Waals surface area contributed by atoms with Gasteiger partial charge in [-0.1, -0.05) is 150 Å². The number of hydrogen-bond acceptors (Lipinski definition) is 2. The van der Waals surface area contributed by atoms with E-state index in [1.807, 2.05) is 74.5 Å². The fourth-order valence-corrected chi connectivity index (χ4v) is 2.78. The topological polar surface area (TPSA) is 29.5 Å². The highest BCUT2D eigenvalue weighted by Gasteiger charge is 1.94. The van der Waals surface area contributed by atoms with Gasteiger partial charge in [0.25, 0.3) is 0 Å². The van der Waals surface area contributed by atoms with E-state index in [4.69, 9.17) is 9.84 Å². The number of benzene rings is 4. The predicted octanol–water partition coefficient (Wildman–Crippen LogP) is 10.8. The molecule has 0 saturated carbocycles. The van der Waals surface area contributed by atoms with E-state index in [0.29, 0.717) is 24.2 Å². The molecule has 2 nitrogen and oxygen atoms in total. The summed E-state index contributed by atoms with van der Waals surface area (Å²) in [6.07, 6.45) is 5.73. The van der Waals surface area contributed by atoms with Crippen molar-refractivity contribution in [3.05, 3.63) is 157 Å². The van der Waals surface area contributed by atoms with Gasteiger partial charge in [0.1, 0.15) is 18.1 Å². The van der Waals surface area contributed by atoms with Gasteiger partial charge in [0.2, 0.25) is 0 Å². The number of ether oxygens (including phenoxy) is 1. The Morgan fingerprint density at radius 3 is 1.15 bits per heavy atom. The van der Waals surface area contributed by atoms with Gasteiger partial charge in [-0.3, -0.25) is 0 Å². The lowest BCUT2D eigenvalue weighted by atomic mass is 10.0. The van der Waals surface area contributed by atoms with E-state index in [-0.39, 0.29) is 0 Å². The summed E-state index contributed by atoms with van der Waals surface area (Å²) in [4.78, 5) is 0. The molecule has 0 amide bonds. The minimum absolute atomic E-state index is 0.322. The van der Waals surface area contributed by atoms with Gasteiger partial charge in [-0.15, -0.1) is 0 Å². The number of rotatable bonds is 5. The largest absolute Gasteiger partial charge is 0.508 e. The van der Waals surface area contributed by atoms with Gasteiger partial charge in [0, 0.05) is 0 Å². The molecule has 0 unspecified atom stereocenters. The Bertz CT molecular complexity index is 1020. The summed E-state index contributed by atoms with van der Waals surface area (Å²) in [5.41, 5.74) is 2.83. The smallest absolute Gasteiger partial charge is 0.119 e. The standard InChI is InChI=1S/C9H10O.2C9H12.C6H6O.C4H8/c1-2-8-10-9-6-4-3-5-7-9;2*1-8(2)9-6-4-3-5-7-9;7-6-4-2-1-3-5-6;1-3-4-2/h2-7H,1,8H2;2*3-8H,1-2H3;1-5,7H;3-4H,1-2H3/b;;;;4-3+. The van der Waals surface area contributed by atoms with Crippen LogP contribution in [-0.4, -0.2) is 11.7 Å². The summed E-state index contributed by atoms with van der Waals surface area (Å²) in [6, 6.07) is 39.4. The highest BCUT2D eigenvalue weighted by molar-refractivity contribution is 5.21. The Morgan fingerprint density at radius 1 is 0.590 bits per heavy atom. The molecule has 0 spiro atoms. The quantitative estimate of drug-likeness (QED) is 0.263. The molecule has 2 heteroatoms. The third-order valence-corrected chi connectivity index (χ3v) is 5.13. The van der Waals surface area contributed by atoms with Gasteiger partial charge in [0.15, 0.2) is 0 Å². The highest BCUT2D eigenvalue weighted by atomic mass is 16.5. The van der Waals surface area contributed by atoms with Crippen LogP contribution >= 0.6 is 0 Å². The third-order valence-electron chi connectivity index (χ3n) is 5.13. The zero-order chi connectivity index (χ0) is 29.1. The molecule has 1 N–H and O–H groups in total. The van der Waals surface area contributed by atoms with Crippen molar-refractivity contribution >= 4 is 0 Å². The van der Waals surface area contributed by atoms with Crippen molar-refractivity contribution in [3.8, 4) is 11.5 Å². The van der Waals surface area contributed by atoms with Crippen LogP contribution in [0.5, 0.6) is 11.5 Å². The summed E-state index contributed by atoms with van der Waals surface area (Å²) >= 11 is 0. The van der Waals surface area contributed by atoms with Crippen molar-refractivity contribution in [3.63, 3.8) is 0 Å². The van der Waals surface area contributed by atoms with Gasteiger partial charge in [-0.2, -0.15) is 0 Å². The summed E-state index contributed by atoms with van der Waals surface area (Å²) in [5, 5.41) is 8.63. The summed E-state index contributed by atoms with van der Waals surface area (Å²) in [6.45, 7) is 16.9. The number of phenols is 1. The van der Waals surface area contributed by atoms with Crippen molar-refractivity contribution in [2.75, 3.05) is 6.61 Å². The average Bonchev–Trinajstić information content (AvgIpc) is 2.99. The van der Waals surface area contributed by atoms with Gasteiger partial charge in [-0.25, -0.2) is 0 Å². The minimum Gasteiger partial charge on any atom is -0.508 e. The molecule has 0 aliphatic rings. The summed E-state index contributed by atoms with van der Waals surface area (Å²) in [7, 11) is 0. The predicted molar refractivity (Wildman–Crippen MR) is 172 cm³/mol. The van der Waals surface area contributed by atoms with Gasteiger partial charge < -0.3 is 9.84 Å². The molecule has 4 rings (SSSR count). The zero-order valence-electron chi connectivity index (χ0n) is 24.7. The number of aromatic hydroxyl groups is 1. The lowest BCUT2D eigenvalue weighted by Crippen LogP contribution is -1.91.